The van der Waals surface area contributed by atoms with Crippen LogP contribution >= 0.6 is 0 Å². The predicted molar refractivity (Wildman–Crippen MR) is 98.2 cm³/mol. The molecule has 1 aliphatic heterocycles. The van der Waals surface area contributed by atoms with Crippen LogP contribution in [0.2, 0.25) is 0 Å². The van der Waals surface area contributed by atoms with Gasteiger partial charge in [0, 0.05) is 0 Å². The lowest BCUT2D eigenvalue weighted by Crippen LogP contribution is -2.28. The fraction of sp³-hybridized carbons (Fsp3) is 0.350. The first-order valence-corrected chi connectivity index (χ1v) is 9.43. The van der Waals surface area contributed by atoms with Gasteiger partial charge in [-0.25, -0.2) is 4.21 Å². The van der Waals surface area contributed by atoms with Crippen molar-refractivity contribution in [1.82, 2.24) is 4.31 Å². The lowest BCUT2D eigenvalue weighted by atomic mass is 10.1. The molecule has 1 unspecified atom stereocenters. The maximum absolute atomic E-state index is 13.0. The molecule has 0 radical (unpaired) electrons. The van der Waals surface area contributed by atoms with E-state index in [0.29, 0.717) is 4.90 Å². The first kappa shape index (κ1) is 17.8. The van der Waals surface area contributed by atoms with Gasteiger partial charge in [-0.3, -0.25) is 4.79 Å². The second-order valence-electron chi connectivity index (χ2n) is 7.26. The summed E-state index contributed by atoms with van der Waals surface area (Å²) in [5, 5.41) is 0. The molecule has 4 atom stereocenters. The third kappa shape index (κ3) is 3.99. The Kier molecular flexibility index (Phi) is 4.80. The second kappa shape index (κ2) is 6.73. The summed E-state index contributed by atoms with van der Waals surface area (Å²) in [5.41, 5.74) is 1.51. The Labute approximate surface area is 151 Å². The molecule has 0 aliphatic carbocycles. The molecule has 0 bridgehead atoms. The first-order valence-electron chi connectivity index (χ1n) is 8.32. The number of rotatable bonds is 4. The average molecular weight is 357 g/mol. The largest absolute Gasteiger partial charge is 0.459 e. The van der Waals surface area contributed by atoms with Crippen LogP contribution in [0.1, 0.15) is 37.9 Å². The number of benzene rings is 2. The summed E-state index contributed by atoms with van der Waals surface area (Å²) < 4.78 is 20.3. The Bertz CT molecular complexity index is 781. The summed E-state index contributed by atoms with van der Waals surface area (Å²) in [6.07, 6.45) is 0. The monoisotopic (exact) mass is 357 g/mol. The van der Waals surface area contributed by atoms with Crippen molar-refractivity contribution in [3.8, 4) is 0 Å². The van der Waals surface area contributed by atoms with E-state index in [9.17, 15) is 9.00 Å². The number of esters is 1. The number of hydrogen-bond donors (Lipinski definition) is 0. The van der Waals surface area contributed by atoms with E-state index >= 15 is 0 Å². The minimum Gasteiger partial charge on any atom is -0.459 e. The molecule has 1 fully saturated rings. The smallest absolute Gasteiger partial charge is 0.326 e. The van der Waals surface area contributed by atoms with Crippen LogP contribution in [-0.2, 0) is 20.5 Å². The van der Waals surface area contributed by atoms with Crippen molar-refractivity contribution in [2.45, 2.75) is 50.3 Å². The molecule has 1 saturated heterocycles. The molecule has 0 spiro atoms. The first-order chi connectivity index (χ1) is 11.8. The molecule has 2 aromatic carbocycles. The number of nitrogens with zero attached hydrogens (tertiary/aromatic N) is 1. The average Bonchev–Trinajstić information content (AvgIpc) is 3.30. The minimum atomic E-state index is -1.41. The zero-order valence-electron chi connectivity index (χ0n) is 14.9. The van der Waals surface area contributed by atoms with Crippen LogP contribution in [0, 0.1) is 6.92 Å². The lowest BCUT2D eigenvalue weighted by molar-refractivity contribution is -0.154. The van der Waals surface area contributed by atoms with Gasteiger partial charge in [-0.2, -0.15) is 4.31 Å². The van der Waals surface area contributed by atoms with E-state index in [-0.39, 0.29) is 12.0 Å². The lowest BCUT2D eigenvalue weighted by Gasteiger charge is -2.19. The second-order valence-corrected chi connectivity index (χ2v) is 8.65. The third-order valence-corrected chi connectivity index (χ3v) is 5.47. The van der Waals surface area contributed by atoms with Gasteiger partial charge in [0.15, 0.2) is 0 Å². The highest BCUT2D eigenvalue weighted by atomic mass is 32.2. The molecule has 2 aromatic rings. The van der Waals surface area contributed by atoms with E-state index in [1.165, 1.54) is 0 Å². The van der Waals surface area contributed by atoms with Crippen molar-refractivity contribution < 1.29 is 13.7 Å². The zero-order valence-corrected chi connectivity index (χ0v) is 15.7. The van der Waals surface area contributed by atoms with Crippen molar-refractivity contribution in [3.05, 3.63) is 65.7 Å². The Morgan fingerprint density at radius 3 is 2.20 bits per heavy atom. The standard InChI is InChI=1S/C20H23NO3S/c1-14-10-12-16(13-11-14)25(23)21-17(15-8-6-5-7-9-15)18(21)19(22)24-20(2,3)4/h5-13,17-18H,1-4H3/t17-,18+,21?,25+/m1/s1. The molecule has 0 amide bonds. The van der Waals surface area contributed by atoms with Gasteiger partial charge < -0.3 is 4.74 Å². The van der Waals surface area contributed by atoms with Crippen molar-refractivity contribution in [3.63, 3.8) is 0 Å². The van der Waals surface area contributed by atoms with Gasteiger partial charge in [-0.05, 0) is 45.4 Å². The molecule has 4 nitrogen and oxygen atoms in total. The van der Waals surface area contributed by atoms with Crippen LogP contribution in [0.4, 0.5) is 0 Å². The zero-order chi connectivity index (χ0) is 18.2. The predicted octanol–water partition coefficient (Wildman–Crippen LogP) is 3.78. The maximum atomic E-state index is 13.0. The summed E-state index contributed by atoms with van der Waals surface area (Å²) >= 11 is 0. The van der Waals surface area contributed by atoms with E-state index in [2.05, 4.69) is 0 Å². The molecule has 132 valence electrons. The molecule has 1 heterocycles. The molecular weight excluding hydrogens is 334 g/mol. The van der Waals surface area contributed by atoms with E-state index < -0.39 is 22.6 Å². The van der Waals surface area contributed by atoms with Crippen LogP contribution < -0.4 is 0 Å². The van der Waals surface area contributed by atoms with Gasteiger partial charge in [-0.15, -0.1) is 0 Å². The molecule has 3 rings (SSSR count). The highest BCUT2D eigenvalue weighted by Crippen LogP contribution is 2.47. The van der Waals surface area contributed by atoms with E-state index in [1.54, 1.807) is 4.31 Å². The van der Waals surface area contributed by atoms with Crippen molar-refractivity contribution in [2.24, 2.45) is 0 Å². The van der Waals surface area contributed by atoms with Gasteiger partial charge in [-0.1, -0.05) is 48.0 Å². The van der Waals surface area contributed by atoms with Crippen molar-refractivity contribution >= 4 is 17.0 Å². The highest BCUT2D eigenvalue weighted by Gasteiger charge is 2.58. The number of carbonyl (C=O) groups excluding carboxylic acids is 1. The van der Waals surface area contributed by atoms with Crippen LogP contribution in [-0.4, -0.2) is 26.1 Å². The van der Waals surface area contributed by atoms with Gasteiger partial charge in [0.2, 0.25) is 0 Å². The fourth-order valence-corrected chi connectivity index (χ4v) is 4.18. The van der Waals surface area contributed by atoms with E-state index in [4.69, 9.17) is 4.74 Å². The molecule has 5 heteroatoms. The Hall–Kier alpha value is -1.98. The van der Waals surface area contributed by atoms with Crippen molar-refractivity contribution in [2.75, 3.05) is 0 Å². The Balaban J connectivity index is 1.88. The van der Waals surface area contributed by atoms with E-state index in [1.807, 2.05) is 82.3 Å². The van der Waals surface area contributed by atoms with E-state index in [0.717, 1.165) is 11.1 Å². The summed E-state index contributed by atoms with van der Waals surface area (Å²) in [5.74, 6) is -0.332. The molecule has 0 saturated carbocycles. The maximum Gasteiger partial charge on any atom is 0.326 e. The van der Waals surface area contributed by atoms with Gasteiger partial charge >= 0.3 is 5.97 Å². The normalized spacial score (nSPS) is 23.8. The SMILES string of the molecule is Cc1ccc([S@](=O)N2[C@H](C(=O)OC(C)(C)C)[C@H]2c2ccccc2)cc1. The quantitative estimate of drug-likeness (QED) is 0.618. The summed E-state index contributed by atoms with van der Waals surface area (Å²) in [6, 6.07) is 16.5. The highest BCUT2D eigenvalue weighted by molar-refractivity contribution is 7.83. The van der Waals surface area contributed by atoms with Crippen LogP contribution in [0.3, 0.4) is 0 Å². The molecular formula is C20H23NO3S. The van der Waals surface area contributed by atoms with Gasteiger partial charge in [0.1, 0.15) is 22.6 Å². The number of ether oxygens (including phenoxy) is 1. The summed E-state index contributed by atoms with van der Waals surface area (Å²) in [7, 11) is -1.41. The Morgan fingerprint density at radius 1 is 1.04 bits per heavy atom. The van der Waals surface area contributed by atoms with Crippen LogP contribution in [0.25, 0.3) is 0 Å². The van der Waals surface area contributed by atoms with Gasteiger partial charge in [0.05, 0.1) is 10.9 Å². The molecule has 1 aliphatic rings. The number of carbonyl (C=O) groups is 1. The minimum absolute atomic E-state index is 0.224. The molecule has 0 aromatic heterocycles. The van der Waals surface area contributed by atoms with Crippen molar-refractivity contribution in [1.29, 1.82) is 0 Å². The van der Waals surface area contributed by atoms with Crippen LogP contribution in [0.5, 0.6) is 0 Å². The molecule has 25 heavy (non-hydrogen) atoms. The molecule has 0 N–H and O–H groups in total. The Morgan fingerprint density at radius 2 is 1.64 bits per heavy atom. The topological polar surface area (TPSA) is 46.4 Å². The summed E-state index contributed by atoms with van der Waals surface area (Å²) in [6.45, 7) is 7.50. The summed E-state index contributed by atoms with van der Waals surface area (Å²) in [4.78, 5) is 13.3. The number of aryl methyl sites for hydroxylation is 1. The number of hydrogen-bond acceptors (Lipinski definition) is 3. The van der Waals surface area contributed by atoms with Crippen LogP contribution in [0.15, 0.2) is 59.5 Å². The van der Waals surface area contributed by atoms with Gasteiger partial charge in [0.25, 0.3) is 0 Å². The fourth-order valence-electron chi connectivity index (χ4n) is 2.77. The third-order valence-electron chi connectivity index (χ3n) is 3.96.